The molecular formula is C30H27ClF3NO6. The molecule has 0 aromatic heterocycles. The van der Waals surface area contributed by atoms with Crippen molar-refractivity contribution in [3.05, 3.63) is 123 Å². The van der Waals surface area contributed by atoms with Crippen LogP contribution >= 0.6 is 11.6 Å². The number of carboxylic acids is 1. The maximum absolute atomic E-state index is 12.6. The Hall–Kier alpha value is -4.41. The van der Waals surface area contributed by atoms with E-state index in [0.717, 1.165) is 43.5 Å². The van der Waals surface area contributed by atoms with E-state index in [9.17, 15) is 28.1 Å². The predicted octanol–water partition coefficient (Wildman–Crippen LogP) is 9.15. The van der Waals surface area contributed by atoms with E-state index in [1.807, 2.05) is 26.0 Å². The number of nitro benzene ring substituents is 1. The van der Waals surface area contributed by atoms with Gasteiger partial charge in [-0.3, -0.25) is 10.1 Å². The standard InChI is InChI=1S/C14H7ClF3NO5.C12H10.C4H10O/c15-10-5-7(14(16,17)18)1-4-12(10)24-8-2-3-11(19(22)23)9(6-8)13(20)21;1-3-7-11(8-4-1)12-9-5-2-6-10-12;1-3-5-4-2/h1-6H,(H,20,21);1-10H;3-4H2,1-2H3. The fourth-order valence-electron chi connectivity index (χ4n) is 3.26. The summed E-state index contributed by atoms with van der Waals surface area (Å²) in [6.07, 6.45) is -4.58. The molecule has 0 aliphatic rings. The fraction of sp³-hybridized carbons (Fsp3) is 0.167. The van der Waals surface area contributed by atoms with Crippen LogP contribution in [-0.2, 0) is 10.9 Å². The molecule has 7 nitrogen and oxygen atoms in total. The van der Waals surface area contributed by atoms with Gasteiger partial charge < -0.3 is 14.6 Å². The smallest absolute Gasteiger partial charge is 0.416 e. The van der Waals surface area contributed by atoms with Crippen LogP contribution in [0.25, 0.3) is 11.1 Å². The SMILES string of the molecule is CCOCC.O=C(O)c1cc(Oc2ccc(C(F)(F)F)cc2Cl)ccc1[N+](=O)[O-].c1ccc(-c2ccccc2)cc1. The summed E-state index contributed by atoms with van der Waals surface area (Å²) in [6, 6.07) is 26.0. The van der Waals surface area contributed by atoms with Crippen LogP contribution in [0.5, 0.6) is 11.5 Å². The van der Waals surface area contributed by atoms with Gasteiger partial charge in [0.2, 0.25) is 0 Å². The maximum Gasteiger partial charge on any atom is 0.416 e. The highest BCUT2D eigenvalue weighted by Crippen LogP contribution is 2.37. The van der Waals surface area contributed by atoms with Gasteiger partial charge in [-0.25, -0.2) is 4.79 Å². The number of halogens is 4. The van der Waals surface area contributed by atoms with E-state index in [4.69, 9.17) is 26.2 Å². The van der Waals surface area contributed by atoms with Crippen LogP contribution in [0.3, 0.4) is 0 Å². The second-order valence-corrected chi connectivity index (χ2v) is 8.41. The van der Waals surface area contributed by atoms with Gasteiger partial charge in [0.05, 0.1) is 15.5 Å². The Bertz CT molecular complexity index is 1380. The average molecular weight is 590 g/mol. The summed E-state index contributed by atoms with van der Waals surface area (Å²) in [5, 5.41) is 19.4. The molecule has 0 bridgehead atoms. The monoisotopic (exact) mass is 589 g/mol. The van der Waals surface area contributed by atoms with E-state index in [2.05, 4.69) is 48.5 Å². The van der Waals surface area contributed by atoms with Crippen LogP contribution in [0.1, 0.15) is 29.8 Å². The highest BCUT2D eigenvalue weighted by atomic mass is 35.5. The largest absolute Gasteiger partial charge is 0.477 e. The number of hydrogen-bond donors (Lipinski definition) is 1. The molecule has 0 amide bonds. The third kappa shape index (κ3) is 10.6. The maximum atomic E-state index is 12.6. The molecule has 4 aromatic carbocycles. The number of carbonyl (C=O) groups is 1. The number of nitrogens with zero attached hydrogens (tertiary/aromatic N) is 1. The van der Waals surface area contributed by atoms with Crippen molar-refractivity contribution in [2.45, 2.75) is 20.0 Å². The van der Waals surface area contributed by atoms with Crippen LogP contribution in [0, 0.1) is 10.1 Å². The van der Waals surface area contributed by atoms with Crippen molar-refractivity contribution in [2.75, 3.05) is 13.2 Å². The molecule has 41 heavy (non-hydrogen) atoms. The van der Waals surface area contributed by atoms with Gasteiger partial charge >= 0.3 is 12.1 Å². The molecule has 0 aliphatic carbocycles. The van der Waals surface area contributed by atoms with Gasteiger partial charge in [0.15, 0.2) is 0 Å². The number of aromatic carboxylic acids is 1. The Morgan fingerprint density at radius 3 is 1.80 bits per heavy atom. The van der Waals surface area contributed by atoms with Gasteiger partial charge in [-0.1, -0.05) is 72.3 Å². The normalized spacial score (nSPS) is 10.4. The molecular weight excluding hydrogens is 563 g/mol. The summed E-state index contributed by atoms with van der Waals surface area (Å²) in [6.45, 7) is 5.67. The van der Waals surface area contributed by atoms with Gasteiger partial charge in [0.25, 0.3) is 5.69 Å². The first-order chi connectivity index (χ1) is 19.5. The molecule has 0 saturated carbocycles. The Balaban J connectivity index is 0.000000284. The molecule has 0 unspecified atom stereocenters. The molecule has 0 saturated heterocycles. The van der Waals surface area contributed by atoms with Crippen molar-refractivity contribution in [1.29, 1.82) is 0 Å². The van der Waals surface area contributed by atoms with E-state index in [-0.39, 0.29) is 16.5 Å². The van der Waals surface area contributed by atoms with Crippen molar-refractivity contribution in [3.8, 4) is 22.6 Å². The Kier molecular flexibility index (Phi) is 12.8. The Labute approximate surface area is 239 Å². The second-order valence-electron chi connectivity index (χ2n) is 8.00. The van der Waals surface area contributed by atoms with Crippen LogP contribution in [0.15, 0.2) is 97.1 Å². The number of nitro groups is 1. The van der Waals surface area contributed by atoms with E-state index < -0.39 is 33.9 Å². The van der Waals surface area contributed by atoms with Crippen molar-refractivity contribution >= 4 is 23.3 Å². The number of alkyl halides is 3. The molecule has 4 rings (SSSR count). The summed E-state index contributed by atoms with van der Waals surface area (Å²) in [5.74, 6) is -1.83. The predicted molar refractivity (Wildman–Crippen MR) is 151 cm³/mol. The summed E-state index contributed by atoms with van der Waals surface area (Å²) < 4.78 is 47.7. The molecule has 0 radical (unpaired) electrons. The van der Waals surface area contributed by atoms with Gasteiger partial charge in [-0.2, -0.15) is 13.2 Å². The summed E-state index contributed by atoms with van der Waals surface area (Å²) >= 11 is 5.72. The number of carboxylic acid groups (broad SMARTS) is 1. The lowest BCUT2D eigenvalue weighted by Crippen LogP contribution is -2.05. The Morgan fingerprint density at radius 1 is 0.878 bits per heavy atom. The van der Waals surface area contributed by atoms with Gasteiger partial charge in [0.1, 0.15) is 17.1 Å². The van der Waals surface area contributed by atoms with Crippen LogP contribution in [-0.4, -0.2) is 29.2 Å². The van der Waals surface area contributed by atoms with Crippen LogP contribution in [0.4, 0.5) is 18.9 Å². The van der Waals surface area contributed by atoms with E-state index in [1.165, 1.54) is 11.1 Å². The number of rotatable bonds is 7. The molecule has 0 aliphatic heterocycles. The molecule has 0 spiro atoms. The van der Waals surface area contributed by atoms with E-state index in [0.29, 0.717) is 6.07 Å². The summed E-state index contributed by atoms with van der Waals surface area (Å²) in [5.41, 5.74) is 0.305. The third-order valence-electron chi connectivity index (χ3n) is 5.17. The Morgan fingerprint density at radius 2 is 1.41 bits per heavy atom. The lowest BCUT2D eigenvalue weighted by atomic mass is 10.1. The molecule has 0 heterocycles. The molecule has 4 aromatic rings. The highest BCUT2D eigenvalue weighted by Gasteiger charge is 2.31. The topological polar surface area (TPSA) is 98.9 Å². The van der Waals surface area contributed by atoms with Crippen LogP contribution in [0.2, 0.25) is 5.02 Å². The van der Waals surface area contributed by atoms with Crippen molar-refractivity contribution in [1.82, 2.24) is 0 Å². The van der Waals surface area contributed by atoms with E-state index >= 15 is 0 Å². The van der Waals surface area contributed by atoms with Gasteiger partial charge in [-0.15, -0.1) is 0 Å². The third-order valence-corrected chi connectivity index (χ3v) is 5.47. The number of ether oxygens (including phenoxy) is 2. The zero-order valence-electron chi connectivity index (χ0n) is 22.1. The summed E-state index contributed by atoms with van der Waals surface area (Å²) in [4.78, 5) is 20.9. The first kappa shape index (κ1) is 32.8. The minimum Gasteiger partial charge on any atom is -0.477 e. The lowest BCUT2D eigenvalue weighted by molar-refractivity contribution is -0.385. The lowest BCUT2D eigenvalue weighted by Gasteiger charge is -2.11. The summed E-state index contributed by atoms with van der Waals surface area (Å²) in [7, 11) is 0. The number of benzene rings is 4. The molecule has 1 N–H and O–H groups in total. The van der Waals surface area contributed by atoms with Crippen molar-refractivity contribution in [3.63, 3.8) is 0 Å². The number of hydrogen-bond acceptors (Lipinski definition) is 5. The quantitative estimate of drug-likeness (QED) is 0.170. The second kappa shape index (κ2) is 16.0. The molecule has 0 fully saturated rings. The molecule has 11 heteroatoms. The van der Waals surface area contributed by atoms with Crippen LogP contribution < -0.4 is 4.74 Å². The molecule has 0 atom stereocenters. The van der Waals surface area contributed by atoms with Gasteiger partial charge in [0, 0.05) is 25.3 Å². The molecule has 216 valence electrons. The average Bonchev–Trinajstić information content (AvgIpc) is 2.95. The first-order valence-electron chi connectivity index (χ1n) is 12.2. The van der Waals surface area contributed by atoms with Crippen molar-refractivity contribution in [2.24, 2.45) is 0 Å². The first-order valence-corrected chi connectivity index (χ1v) is 12.6. The minimum atomic E-state index is -4.58. The van der Waals surface area contributed by atoms with E-state index in [1.54, 1.807) is 0 Å². The zero-order valence-corrected chi connectivity index (χ0v) is 22.9. The van der Waals surface area contributed by atoms with Crippen molar-refractivity contribution < 1.29 is 37.5 Å². The highest BCUT2D eigenvalue weighted by molar-refractivity contribution is 6.32. The minimum absolute atomic E-state index is 0.125. The van der Waals surface area contributed by atoms with Gasteiger partial charge in [-0.05, 0) is 49.2 Å². The fourth-order valence-corrected chi connectivity index (χ4v) is 3.48. The zero-order chi connectivity index (χ0) is 30.4.